The predicted octanol–water partition coefficient (Wildman–Crippen LogP) is 3.45. The zero-order valence-electron chi connectivity index (χ0n) is 17.6. The van der Waals surface area contributed by atoms with Gasteiger partial charge in [0.25, 0.3) is 0 Å². The minimum atomic E-state index is -4.74. The van der Waals surface area contributed by atoms with Crippen molar-refractivity contribution in [2.24, 2.45) is 11.8 Å². The molecule has 6 rings (SSSR count). The van der Waals surface area contributed by atoms with E-state index >= 15 is 0 Å². The highest BCUT2D eigenvalue weighted by atomic mass is 19.4. The maximum atomic E-state index is 13.8. The molecule has 0 saturated carbocycles. The SMILES string of the molecule is Cc1cccc2c1NC(=O)[C@]21[C@@H]2C(=O)N(c3ccccc3C(F)(F)F)C(=O)[C@@H]2[C@H]2CCCN21. The summed E-state index contributed by atoms with van der Waals surface area (Å²) < 4.78 is 41.2. The molecular formula is C24H20F3N3O3. The van der Waals surface area contributed by atoms with Gasteiger partial charge in [0.15, 0.2) is 0 Å². The van der Waals surface area contributed by atoms with E-state index in [2.05, 4.69) is 5.32 Å². The molecule has 0 aliphatic carbocycles. The van der Waals surface area contributed by atoms with Gasteiger partial charge in [0.2, 0.25) is 17.7 Å². The molecule has 4 aliphatic heterocycles. The number of hydrogen-bond donors (Lipinski definition) is 1. The lowest BCUT2D eigenvalue weighted by Gasteiger charge is -2.36. The average molecular weight is 455 g/mol. The first-order valence-electron chi connectivity index (χ1n) is 10.9. The van der Waals surface area contributed by atoms with E-state index < -0.39 is 52.5 Å². The number of para-hydroxylation sites is 2. The van der Waals surface area contributed by atoms with Gasteiger partial charge in [-0.15, -0.1) is 0 Å². The lowest BCUT2D eigenvalue weighted by Crippen LogP contribution is -2.54. The molecule has 0 unspecified atom stereocenters. The van der Waals surface area contributed by atoms with Gasteiger partial charge in [-0.25, -0.2) is 4.90 Å². The molecular weight excluding hydrogens is 435 g/mol. The molecule has 4 atom stereocenters. The molecule has 1 spiro atoms. The number of hydrogen-bond acceptors (Lipinski definition) is 4. The smallest absolute Gasteiger partial charge is 0.324 e. The summed E-state index contributed by atoms with van der Waals surface area (Å²) in [6, 6.07) is 9.65. The summed E-state index contributed by atoms with van der Waals surface area (Å²) in [6.45, 7) is 2.39. The maximum absolute atomic E-state index is 13.8. The monoisotopic (exact) mass is 455 g/mol. The second kappa shape index (κ2) is 6.44. The molecule has 4 aliphatic rings. The quantitative estimate of drug-likeness (QED) is 0.669. The minimum Gasteiger partial charge on any atom is -0.324 e. The van der Waals surface area contributed by atoms with Gasteiger partial charge in [-0.05, 0) is 44.0 Å². The number of imide groups is 1. The van der Waals surface area contributed by atoms with Gasteiger partial charge >= 0.3 is 6.18 Å². The van der Waals surface area contributed by atoms with Gasteiger partial charge < -0.3 is 5.32 Å². The Bertz CT molecular complexity index is 1240. The lowest BCUT2D eigenvalue weighted by atomic mass is 9.75. The standard InChI is InChI=1S/C24H20F3N3O3/c1-12-6-4-8-14-19(12)28-22(33)23(14)18-17(16-10-5-11-29(16)23)20(31)30(21(18)32)15-9-3-2-7-13(15)24(25,26)27/h2-4,6-9,16-18H,5,10-11H2,1H3,(H,28,33)/t16-,17-,18+,23-/m1/s1. The Morgan fingerprint density at radius 3 is 2.55 bits per heavy atom. The Morgan fingerprint density at radius 1 is 1.03 bits per heavy atom. The van der Waals surface area contributed by atoms with Crippen molar-refractivity contribution in [2.75, 3.05) is 16.8 Å². The van der Waals surface area contributed by atoms with Crippen molar-refractivity contribution >= 4 is 29.1 Å². The Labute approximate surface area is 187 Å². The van der Waals surface area contributed by atoms with E-state index in [1.807, 2.05) is 17.9 Å². The zero-order chi connectivity index (χ0) is 23.3. The second-order valence-electron chi connectivity index (χ2n) is 9.15. The molecule has 170 valence electrons. The van der Waals surface area contributed by atoms with E-state index in [0.717, 1.165) is 24.1 Å². The van der Waals surface area contributed by atoms with Crippen molar-refractivity contribution in [3.63, 3.8) is 0 Å². The first-order valence-corrected chi connectivity index (χ1v) is 10.9. The van der Waals surface area contributed by atoms with Gasteiger partial charge in [0.05, 0.1) is 23.1 Å². The highest BCUT2D eigenvalue weighted by molar-refractivity contribution is 6.26. The molecule has 0 aromatic heterocycles. The van der Waals surface area contributed by atoms with Crippen LogP contribution in [0.1, 0.15) is 29.5 Å². The van der Waals surface area contributed by atoms with Crippen LogP contribution < -0.4 is 10.2 Å². The van der Waals surface area contributed by atoms with Gasteiger partial charge in [0.1, 0.15) is 5.54 Å². The maximum Gasteiger partial charge on any atom is 0.418 e. The van der Waals surface area contributed by atoms with Crippen molar-refractivity contribution in [3.8, 4) is 0 Å². The van der Waals surface area contributed by atoms with Crippen LogP contribution in [0, 0.1) is 18.8 Å². The number of amides is 3. The van der Waals surface area contributed by atoms with Crippen molar-refractivity contribution in [1.82, 2.24) is 4.90 Å². The van der Waals surface area contributed by atoms with Crippen LogP contribution in [0.15, 0.2) is 42.5 Å². The van der Waals surface area contributed by atoms with Crippen molar-refractivity contribution in [3.05, 3.63) is 59.2 Å². The normalized spacial score (nSPS) is 30.7. The highest BCUT2D eigenvalue weighted by Gasteiger charge is 2.74. The summed E-state index contributed by atoms with van der Waals surface area (Å²) in [5.74, 6) is -3.76. The fourth-order valence-electron chi connectivity index (χ4n) is 6.52. The molecule has 0 radical (unpaired) electrons. The number of rotatable bonds is 1. The second-order valence-corrected chi connectivity index (χ2v) is 9.15. The van der Waals surface area contributed by atoms with E-state index in [1.54, 1.807) is 12.1 Å². The van der Waals surface area contributed by atoms with Gasteiger partial charge in [-0.2, -0.15) is 13.2 Å². The summed E-state index contributed by atoms with van der Waals surface area (Å²) in [6.07, 6.45) is -3.39. The Kier molecular flexibility index (Phi) is 3.98. The summed E-state index contributed by atoms with van der Waals surface area (Å²) in [5, 5.41) is 2.91. The number of carbonyl (C=O) groups excluding carboxylic acids is 3. The number of nitrogens with one attached hydrogen (secondary N) is 1. The number of nitrogens with zero attached hydrogens (tertiary/aromatic N) is 2. The highest BCUT2D eigenvalue weighted by Crippen LogP contribution is 2.61. The van der Waals surface area contributed by atoms with Gasteiger partial charge in [-0.3, -0.25) is 19.3 Å². The Hall–Kier alpha value is -3.20. The molecule has 3 fully saturated rings. The van der Waals surface area contributed by atoms with E-state index in [-0.39, 0.29) is 6.04 Å². The van der Waals surface area contributed by atoms with Gasteiger partial charge in [0, 0.05) is 17.3 Å². The van der Waals surface area contributed by atoms with Gasteiger partial charge in [-0.1, -0.05) is 30.3 Å². The van der Waals surface area contributed by atoms with Crippen LogP contribution in [-0.2, 0) is 26.1 Å². The largest absolute Gasteiger partial charge is 0.418 e. The fourth-order valence-corrected chi connectivity index (χ4v) is 6.52. The number of anilines is 2. The van der Waals surface area contributed by atoms with Crippen molar-refractivity contribution in [1.29, 1.82) is 0 Å². The number of alkyl halides is 3. The number of carbonyl (C=O) groups is 3. The van der Waals surface area contributed by atoms with E-state index in [1.165, 1.54) is 12.1 Å². The summed E-state index contributed by atoms with van der Waals surface area (Å²) >= 11 is 0. The topological polar surface area (TPSA) is 69.7 Å². The summed E-state index contributed by atoms with van der Waals surface area (Å²) in [7, 11) is 0. The van der Waals surface area contributed by atoms with Crippen LogP contribution in [0.4, 0.5) is 24.5 Å². The van der Waals surface area contributed by atoms with Crippen LogP contribution in [0.2, 0.25) is 0 Å². The average Bonchev–Trinajstić information content (AvgIpc) is 3.47. The Morgan fingerprint density at radius 2 is 1.79 bits per heavy atom. The van der Waals surface area contributed by atoms with Crippen LogP contribution in [0.25, 0.3) is 0 Å². The molecule has 1 N–H and O–H groups in total. The molecule has 4 heterocycles. The molecule has 9 heteroatoms. The zero-order valence-corrected chi connectivity index (χ0v) is 17.6. The van der Waals surface area contributed by atoms with E-state index in [9.17, 15) is 27.6 Å². The predicted molar refractivity (Wildman–Crippen MR) is 112 cm³/mol. The number of fused-ring (bicyclic) bond motifs is 7. The minimum absolute atomic E-state index is 0.383. The fraction of sp³-hybridized carbons (Fsp3) is 0.375. The summed E-state index contributed by atoms with van der Waals surface area (Å²) in [5.41, 5.74) is -0.856. The third kappa shape index (κ3) is 2.35. The third-order valence-electron chi connectivity index (χ3n) is 7.69. The van der Waals surface area contributed by atoms with Crippen LogP contribution in [0.3, 0.4) is 0 Å². The molecule has 3 saturated heterocycles. The van der Waals surface area contributed by atoms with Crippen LogP contribution in [-0.4, -0.2) is 35.2 Å². The van der Waals surface area contributed by atoms with Crippen LogP contribution >= 0.6 is 0 Å². The number of benzene rings is 2. The molecule has 2 aromatic rings. The van der Waals surface area contributed by atoms with Crippen LogP contribution in [0.5, 0.6) is 0 Å². The first kappa shape index (κ1) is 20.4. The first-order chi connectivity index (χ1) is 15.7. The van der Waals surface area contributed by atoms with E-state index in [0.29, 0.717) is 29.1 Å². The molecule has 3 amide bonds. The molecule has 33 heavy (non-hydrogen) atoms. The molecule has 2 aromatic carbocycles. The van der Waals surface area contributed by atoms with Crippen molar-refractivity contribution < 1.29 is 27.6 Å². The van der Waals surface area contributed by atoms with Crippen molar-refractivity contribution in [2.45, 2.75) is 37.5 Å². The molecule has 6 nitrogen and oxygen atoms in total. The lowest BCUT2D eigenvalue weighted by molar-refractivity contribution is -0.138. The number of aryl methyl sites for hydroxylation is 1. The van der Waals surface area contributed by atoms with E-state index in [4.69, 9.17) is 0 Å². The summed E-state index contributed by atoms with van der Waals surface area (Å²) in [4.78, 5) is 43.7. The number of halogens is 3. The third-order valence-corrected chi connectivity index (χ3v) is 7.69. The molecule has 0 bridgehead atoms. The Balaban J connectivity index is 1.57.